The first-order valence-electron chi connectivity index (χ1n) is 6.03. The highest BCUT2D eigenvalue weighted by molar-refractivity contribution is 9.10. The third kappa shape index (κ3) is 4.57. The Morgan fingerprint density at radius 2 is 2.05 bits per heavy atom. The van der Waals surface area contributed by atoms with Crippen LogP contribution >= 0.6 is 15.9 Å². The number of carbonyl (C=O) groups excluding carboxylic acids is 1. The van der Waals surface area contributed by atoms with Crippen molar-refractivity contribution in [1.82, 2.24) is 10.3 Å². The average Bonchev–Trinajstić information content (AvgIpc) is 2.45. The zero-order valence-corrected chi connectivity index (χ0v) is 12.4. The smallest absolute Gasteiger partial charge is 0.335 e. The van der Waals surface area contributed by atoms with Crippen molar-refractivity contribution in [3.8, 4) is 0 Å². The molecule has 2 rings (SSSR count). The highest BCUT2D eigenvalue weighted by atomic mass is 79.9. The van der Waals surface area contributed by atoms with Gasteiger partial charge in [-0.25, -0.2) is 9.59 Å². The molecule has 0 saturated carbocycles. The molecule has 7 heteroatoms. The Bertz CT molecular complexity index is 662. The van der Waals surface area contributed by atoms with Gasteiger partial charge in [-0.1, -0.05) is 22.0 Å². The van der Waals surface area contributed by atoms with Gasteiger partial charge < -0.3 is 15.7 Å². The van der Waals surface area contributed by atoms with Gasteiger partial charge in [-0.3, -0.25) is 4.98 Å². The summed E-state index contributed by atoms with van der Waals surface area (Å²) in [6.45, 7) is 0.284. The number of carbonyl (C=O) groups is 2. The van der Waals surface area contributed by atoms with Crippen LogP contribution < -0.4 is 10.6 Å². The summed E-state index contributed by atoms with van der Waals surface area (Å²) in [6, 6.07) is 9.44. The Kier molecular flexibility index (Phi) is 4.89. The number of halogens is 1. The lowest BCUT2D eigenvalue weighted by molar-refractivity contribution is 0.0697. The summed E-state index contributed by atoms with van der Waals surface area (Å²) in [5, 5.41) is 14.2. The number of carboxylic acid groups (broad SMARTS) is 1. The summed E-state index contributed by atoms with van der Waals surface area (Å²) in [5.41, 5.74) is 1.21. The molecule has 0 bridgehead atoms. The van der Waals surface area contributed by atoms with Gasteiger partial charge in [-0.15, -0.1) is 0 Å². The minimum absolute atomic E-state index is 0.0874. The summed E-state index contributed by atoms with van der Waals surface area (Å²) < 4.78 is 0.572. The first kappa shape index (κ1) is 15.0. The Morgan fingerprint density at radius 3 is 2.71 bits per heavy atom. The number of anilines is 1. The second-order valence-electron chi connectivity index (χ2n) is 4.16. The largest absolute Gasteiger partial charge is 0.478 e. The van der Waals surface area contributed by atoms with Gasteiger partial charge in [0.05, 0.1) is 17.8 Å². The van der Waals surface area contributed by atoms with E-state index in [0.717, 1.165) is 5.69 Å². The average molecular weight is 350 g/mol. The predicted octanol–water partition coefficient (Wildman–Crippen LogP) is 2.86. The maximum absolute atomic E-state index is 11.8. The molecule has 0 aliphatic heterocycles. The van der Waals surface area contributed by atoms with E-state index in [1.54, 1.807) is 24.4 Å². The van der Waals surface area contributed by atoms with Gasteiger partial charge in [0.1, 0.15) is 0 Å². The van der Waals surface area contributed by atoms with Crippen molar-refractivity contribution < 1.29 is 14.7 Å². The fourth-order valence-corrected chi connectivity index (χ4v) is 2.13. The van der Waals surface area contributed by atoms with E-state index in [2.05, 4.69) is 31.5 Å². The summed E-state index contributed by atoms with van der Waals surface area (Å²) >= 11 is 3.20. The molecule has 1 heterocycles. The molecule has 3 N–H and O–H groups in total. The van der Waals surface area contributed by atoms with Crippen LogP contribution in [0.15, 0.2) is 47.1 Å². The molecule has 0 aliphatic carbocycles. The van der Waals surface area contributed by atoms with Crippen molar-refractivity contribution in [1.29, 1.82) is 0 Å². The summed E-state index contributed by atoms with van der Waals surface area (Å²) in [5.74, 6) is -1.06. The lowest BCUT2D eigenvalue weighted by atomic mass is 10.2. The second-order valence-corrected chi connectivity index (χ2v) is 5.08. The summed E-state index contributed by atoms with van der Waals surface area (Å²) in [6.07, 6.45) is 1.64. The number of benzene rings is 1. The lowest BCUT2D eigenvalue weighted by Gasteiger charge is -2.08. The van der Waals surface area contributed by atoms with Crippen LogP contribution in [0.3, 0.4) is 0 Å². The van der Waals surface area contributed by atoms with Crippen LogP contribution in [0.2, 0.25) is 0 Å². The number of hydrogen-bond donors (Lipinski definition) is 3. The number of urea groups is 1. The molecule has 0 unspecified atom stereocenters. The number of pyridine rings is 1. The predicted molar refractivity (Wildman–Crippen MR) is 81.2 cm³/mol. The normalized spacial score (nSPS) is 9.95. The van der Waals surface area contributed by atoms with Crippen molar-refractivity contribution >= 4 is 33.6 Å². The molecular weight excluding hydrogens is 338 g/mol. The van der Waals surface area contributed by atoms with E-state index in [4.69, 9.17) is 5.11 Å². The molecule has 0 radical (unpaired) electrons. The maximum Gasteiger partial charge on any atom is 0.335 e. The maximum atomic E-state index is 11.8. The lowest BCUT2D eigenvalue weighted by Crippen LogP contribution is -2.28. The minimum atomic E-state index is -1.06. The van der Waals surface area contributed by atoms with Gasteiger partial charge in [0.15, 0.2) is 0 Å². The third-order valence-corrected chi connectivity index (χ3v) is 3.02. The molecule has 1 aromatic heterocycles. The Morgan fingerprint density at radius 1 is 1.24 bits per heavy atom. The van der Waals surface area contributed by atoms with Gasteiger partial charge in [0.2, 0.25) is 0 Å². The molecular formula is C14H12BrN3O3. The van der Waals surface area contributed by atoms with E-state index in [9.17, 15) is 9.59 Å². The topological polar surface area (TPSA) is 91.3 Å². The van der Waals surface area contributed by atoms with E-state index >= 15 is 0 Å². The zero-order valence-electron chi connectivity index (χ0n) is 10.8. The fraction of sp³-hybridized carbons (Fsp3) is 0.0714. The van der Waals surface area contributed by atoms with Gasteiger partial charge >= 0.3 is 12.0 Å². The molecule has 2 aromatic rings. The monoisotopic (exact) mass is 349 g/mol. The van der Waals surface area contributed by atoms with Crippen LogP contribution in [0.5, 0.6) is 0 Å². The highest BCUT2D eigenvalue weighted by Crippen LogP contribution is 2.19. The van der Waals surface area contributed by atoms with E-state index in [1.165, 1.54) is 12.1 Å². The number of rotatable bonds is 4. The number of carboxylic acids is 1. The van der Waals surface area contributed by atoms with Gasteiger partial charge in [-0.05, 0) is 30.3 Å². The van der Waals surface area contributed by atoms with Gasteiger partial charge in [0.25, 0.3) is 0 Å². The van der Waals surface area contributed by atoms with E-state index in [-0.39, 0.29) is 12.1 Å². The zero-order chi connectivity index (χ0) is 15.2. The SMILES string of the molecule is O=C(NCc1ccccn1)Nc1cc(Br)cc(C(=O)O)c1. The molecule has 2 amide bonds. The Labute approximate surface area is 129 Å². The van der Waals surface area contributed by atoms with Crippen LogP contribution in [0.25, 0.3) is 0 Å². The van der Waals surface area contributed by atoms with Gasteiger partial charge in [0, 0.05) is 16.4 Å². The van der Waals surface area contributed by atoms with Crippen LogP contribution in [0, 0.1) is 0 Å². The van der Waals surface area contributed by atoms with Crippen molar-refractivity contribution in [2.45, 2.75) is 6.54 Å². The summed E-state index contributed by atoms with van der Waals surface area (Å²) in [4.78, 5) is 26.8. The number of nitrogens with zero attached hydrogens (tertiary/aromatic N) is 1. The van der Waals surface area contributed by atoms with E-state index in [1.807, 2.05) is 6.07 Å². The van der Waals surface area contributed by atoms with Crippen molar-refractivity contribution in [3.05, 3.63) is 58.3 Å². The molecule has 0 atom stereocenters. The molecule has 0 aliphatic rings. The number of aromatic nitrogens is 1. The minimum Gasteiger partial charge on any atom is -0.478 e. The number of aromatic carboxylic acids is 1. The third-order valence-electron chi connectivity index (χ3n) is 2.56. The molecule has 108 valence electrons. The Hall–Kier alpha value is -2.41. The molecule has 21 heavy (non-hydrogen) atoms. The number of amides is 2. The quantitative estimate of drug-likeness (QED) is 0.791. The second kappa shape index (κ2) is 6.85. The molecule has 0 fully saturated rings. The van der Waals surface area contributed by atoms with Crippen molar-refractivity contribution in [2.24, 2.45) is 0 Å². The van der Waals surface area contributed by atoms with Crippen LogP contribution in [-0.4, -0.2) is 22.1 Å². The van der Waals surface area contributed by atoms with Crippen LogP contribution in [0.1, 0.15) is 16.1 Å². The highest BCUT2D eigenvalue weighted by Gasteiger charge is 2.08. The molecule has 0 spiro atoms. The first-order chi connectivity index (χ1) is 10.0. The van der Waals surface area contributed by atoms with Gasteiger partial charge in [-0.2, -0.15) is 0 Å². The Balaban J connectivity index is 1.98. The molecule has 1 aromatic carbocycles. The summed E-state index contributed by atoms with van der Waals surface area (Å²) in [7, 11) is 0. The molecule has 0 saturated heterocycles. The molecule has 6 nitrogen and oxygen atoms in total. The standard InChI is InChI=1S/C14H12BrN3O3/c15-10-5-9(13(19)20)6-12(7-10)18-14(21)17-8-11-3-1-2-4-16-11/h1-7H,8H2,(H,19,20)(H2,17,18,21). The van der Waals surface area contributed by atoms with Crippen LogP contribution in [0.4, 0.5) is 10.5 Å². The first-order valence-corrected chi connectivity index (χ1v) is 6.82. The van der Waals surface area contributed by atoms with Crippen LogP contribution in [-0.2, 0) is 6.54 Å². The van der Waals surface area contributed by atoms with E-state index in [0.29, 0.717) is 10.2 Å². The van der Waals surface area contributed by atoms with Crippen molar-refractivity contribution in [2.75, 3.05) is 5.32 Å². The van der Waals surface area contributed by atoms with Crippen molar-refractivity contribution in [3.63, 3.8) is 0 Å². The van der Waals surface area contributed by atoms with E-state index < -0.39 is 12.0 Å². The number of nitrogens with one attached hydrogen (secondary N) is 2. The fourth-order valence-electron chi connectivity index (χ4n) is 1.63. The number of hydrogen-bond acceptors (Lipinski definition) is 3.